The molecule has 1 N–H and O–H groups in total. The summed E-state index contributed by atoms with van der Waals surface area (Å²) in [7, 11) is 0. The van der Waals surface area contributed by atoms with Crippen molar-refractivity contribution in [2.24, 2.45) is 5.41 Å². The van der Waals surface area contributed by atoms with Crippen molar-refractivity contribution in [3.63, 3.8) is 0 Å². The van der Waals surface area contributed by atoms with Gasteiger partial charge in [0.2, 0.25) is 0 Å². The summed E-state index contributed by atoms with van der Waals surface area (Å²) in [4.78, 5) is 5.77. The van der Waals surface area contributed by atoms with Crippen molar-refractivity contribution < 1.29 is 18.3 Å². The number of aliphatic hydroxyl groups excluding tert-OH is 1. The van der Waals surface area contributed by atoms with Gasteiger partial charge in [0.1, 0.15) is 5.01 Å². The topological polar surface area (TPSA) is 36.4 Å². The van der Waals surface area contributed by atoms with Crippen LogP contribution in [0.15, 0.2) is 5.38 Å². The Morgan fingerprint density at radius 3 is 2.50 bits per heavy atom. The Morgan fingerprint density at radius 1 is 1.40 bits per heavy atom. The number of aromatic nitrogens is 1. The van der Waals surface area contributed by atoms with Crippen LogP contribution in [0.1, 0.15) is 36.9 Å². The standard InChI is InChI=1S/C13H19F3N2OS/c1-2-12(9-19)3-5-18(6-4-12)7-11-17-10(8-20-11)13(14,15)16/h8,19H,2-7,9H2,1H3. The Morgan fingerprint density at radius 2 is 2.05 bits per heavy atom. The first-order valence-electron chi connectivity index (χ1n) is 6.73. The number of nitrogens with zero attached hydrogens (tertiary/aromatic N) is 2. The highest BCUT2D eigenvalue weighted by Crippen LogP contribution is 2.35. The lowest BCUT2D eigenvalue weighted by Crippen LogP contribution is -2.41. The summed E-state index contributed by atoms with van der Waals surface area (Å²) >= 11 is 1.06. The van der Waals surface area contributed by atoms with Gasteiger partial charge in [0.25, 0.3) is 0 Å². The second-order valence-electron chi connectivity index (χ2n) is 5.41. The van der Waals surface area contributed by atoms with Crippen LogP contribution in [0.3, 0.4) is 0 Å². The Kier molecular flexibility index (Phi) is 4.71. The molecule has 1 aliphatic heterocycles. The Labute approximate surface area is 120 Å². The van der Waals surface area contributed by atoms with Crippen molar-refractivity contribution in [1.82, 2.24) is 9.88 Å². The van der Waals surface area contributed by atoms with Crippen LogP contribution in [-0.2, 0) is 12.7 Å². The monoisotopic (exact) mass is 308 g/mol. The summed E-state index contributed by atoms with van der Waals surface area (Å²) in [5.74, 6) is 0. The average molecular weight is 308 g/mol. The Hall–Kier alpha value is -0.660. The van der Waals surface area contributed by atoms with Gasteiger partial charge in [-0.3, -0.25) is 4.90 Å². The van der Waals surface area contributed by atoms with E-state index in [9.17, 15) is 18.3 Å². The van der Waals surface area contributed by atoms with E-state index in [0.29, 0.717) is 11.6 Å². The van der Waals surface area contributed by atoms with Gasteiger partial charge in [-0.05, 0) is 37.8 Å². The molecule has 0 aromatic carbocycles. The van der Waals surface area contributed by atoms with E-state index in [1.165, 1.54) is 0 Å². The van der Waals surface area contributed by atoms with Crippen LogP contribution in [0.4, 0.5) is 13.2 Å². The molecule has 1 fully saturated rings. The maximum Gasteiger partial charge on any atom is 0.434 e. The lowest BCUT2D eigenvalue weighted by Gasteiger charge is -2.39. The molecule has 1 aromatic rings. The second-order valence-corrected chi connectivity index (χ2v) is 6.35. The Balaban J connectivity index is 1.91. The van der Waals surface area contributed by atoms with Gasteiger partial charge in [0, 0.05) is 12.0 Å². The molecular formula is C13H19F3N2OS. The molecule has 0 aliphatic carbocycles. The predicted molar refractivity (Wildman–Crippen MR) is 71.4 cm³/mol. The van der Waals surface area contributed by atoms with E-state index in [-0.39, 0.29) is 12.0 Å². The van der Waals surface area contributed by atoms with Crippen LogP contribution in [-0.4, -0.2) is 34.7 Å². The summed E-state index contributed by atoms with van der Waals surface area (Å²) in [6.45, 7) is 4.33. The number of rotatable bonds is 4. The number of halogens is 3. The number of alkyl halides is 3. The van der Waals surface area contributed by atoms with Gasteiger partial charge in [-0.15, -0.1) is 11.3 Å². The maximum absolute atomic E-state index is 12.5. The number of hydrogen-bond acceptors (Lipinski definition) is 4. The molecule has 0 spiro atoms. The third-order valence-corrected chi connectivity index (χ3v) is 5.04. The van der Waals surface area contributed by atoms with Crippen LogP contribution >= 0.6 is 11.3 Å². The molecule has 0 bridgehead atoms. The van der Waals surface area contributed by atoms with Crippen molar-refractivity contribution in [2.75, 3.05) is 19.7 Å². The quantitative estimate of drug-likeness (QED) is 0.928. The van der Waals surface area contributed by atoms with Crippen molar-refractivity contribution >= 4 is 11.3 Å². The van der Waals surface area contributed by atoms with Crippen LogP contribution in [0.2, 0.25) is 0 Å². The van der Waals surface area contributed by atoms with Crippen molar-refractivity contribution in [1.29, 1.82) is 0 Å². The second kappa shape index (κ2) is 5.99. The minimum Gasteiger partial charge on any atom is -0.396 e. The summed E-state index contributed by atoms with van der Waals surface area (Å²) < 4.78 is 37.4. The largest absolute Gasteiger partial charge is 0.434 e. The summed E-state index contributed by atoms with van der Waals surface area (Å²) in [6, 6.07) is 0. The van der Waals surface area contributed by atoms with Crippen LogP contribution in [0.25, 0.3) is 0 Å². The zero-order valence-electron chi connectivity index (χ0n) is 11.4. The van der Waals surface area contributed by atoms with E-state index in [0.717, 1.165) is 49.1 Å². The van der Waals surface area contributed by atoms with E-state index >= 15 is 0 Å². The minimum atomic E-state index is -4.36. The van der Waals surface area contributed by atoms with E-state index in [1.54, 1.807) is 0 Å². The molecule has 2 heterocycles. The Bertz CT molecular complexity index is 433. The lowest BCUT2D eigenvalue weighted by molar-refractivity contribution is -0.140. The zero-order valence-corrected chi connectivity index (χ0v) is 12.2. The lowest BCUT2D eigenvalue weighted by atomic mass is 9.77. The van der Waals surface area contributed by atoms with Crippen molar-refractivity contribution in [2.45, 2.75) is 38.9 Å². The fourth-order valence-corrected chi connectivity index (χ4v) is 3.36. The summed E-state index contributed by atoms with van der Waals surface area (Å²) in [5.41, 5.74) is -0.802. The van der Waals surface area contributed by atoms with Crippen LogP contribution < -0.4 is 0 Å². The van der Waals surface area contributed by atoms with Gasteiger partial charge in [0.15, 0.2) is 5.69 Å². The minimum absolute atomic E-state index is 0.00346. The zero-order chi connectivity index (χ0) is 14.8. The highest BCUT2D eigenvalue weighted by atomic mass is 32.1. The fraction of sp³-hybridized carbons (Fsp3) is 0.769. The van der Waals surface area contributed by atoms with Gasteiger partial charge < -0.3 is 5.11 Å². The molecule has 0 saturated carbocycles. The number of thiazole rings is 1. The van der Waals surface area contributed by atoms with E-state index in [1.807, 2.05) is 0 Å². The molecule has 1 aromatic heterocycles. The first-order chi connectivity index (χ1) is 9.38. The third kappa shape index (κ3) is 3.51. The molecule has 2 rings (SSSR count). The molecule has 0 radical (unpaired) electrons. The van der Waals surface area contributed by atoms with Gasteiger partial charge in [-0.25, -0.2) is 4.98 Å². The molecule has 0 amide bonds. The summed E-state index contributed by atoms with van der Waals surface area (Å²) in [6.07, 6.45) is -1.65. The molecule has 1 aliphatic rings. The van der Waals surface area contributed by atoms with Crippen molar-refractivity contribution in [3.8, 4) is 0 Å². The van der Waals surface area contributed by atoms with Gasteiger partial charge in [-0.2, -0.15) is 13.2 Å². The molecule has 3 nitrogen and oxygen atoms in total. The van der Waals surface area contributed by atoms with Crippen LogP contribution in [0.5, 0.6) is 0 Å². The third-order valence-electron chi connectivity index (χ3n) is 4.20. The molecule has 0 unspecified atom stereocenters. The van der Waals surface area contributed by atoms with E-state index < -0.39 is 11.9 Å². The average Bonchev–Trinajstić information content (AvgIpc) is 2.89. The number of likely N-dealkylation sites (tertiary alicyclic amines) is 1. The molecule has 1 saturated heterocycles. The predicted octanol–water partition coefficient (Wildman–Crippen LogP) is 3.15. The molecular weight excluding hydrogens is 289 g/mol. The highest BCUT2D eigenvalue weighted by Gasteiger charge is 2.35. The van der Waals surface area contributed by atoms with E-state index in [4.69, 9.17) is 0 Å². The summed E-state index contributed by atoms with van der Waals surface area (Å²) in [5, 5.41) is 11.0. The van der Waals surface area contributed by atoms with E-state index in [2.05, 4.69) is 16.8 Å². The highest BCUT2D eigenvalue weighted by molar-refractivity contribution is 7.09. The molecule has 0 atom stereocenters. The maximum atomic E-state index is 12.5. The molecule has 20 heavy (non-hydrogen) atoms. The molecule has 114 valence electrons. The van der Waals surface area contributed by atoms with Gasteiger partial charge >= 0.3 is 6.18 Å². The number of aliphatic hydroxyl groups is 1. The SMILES string of the molecule is CCC1(CO)CCN(Cc2nc(C(F)(F)F)cs2)CC1. The fourth-order valence-electron chi connectivity index (χ4n) is 2.51. The number of piperidine rings is 1. The van der Waals surface area contributed by atoms with Gasteiger partial charge in [-0.1, -0.05) is 6.92 Å². The van der Waals surface area contributed by atoms with Crippen LogP contribution in [0, 0.1) is 5.41 Å². The smallest absolute Gasteiger partial charge is 0.396 e. The van der Waals surface area contributed by atoms with Gasteiger partial charge in [0.05, 0.1) is 6.54 Å². The normalized spacial score (nSPS) is 20.2. The van der Waals surface area contributed by atoms with Crippen molar-refractivity contribution in [3.05, 3.63) is 16.1 Å². The molecule has 7 heteroatoms. The first-order valence-corrected chi connectivity index (χ1v) is 7.61. The first kappa shape index (κ1) is 15.7. The number of hydrogen-bond donors (Lipinski definition) is 1.